The van der Waals surface area contributed by atoms with E-state index >= 15 is 0 Å². The Hall–Kier alpha value is -2.99. The quantitative estimate of drug-likeness (QED) is 0.680. The van der Waals surface area contributed by atoms with Gasteiger partial charge in [0.2, 0.25) is 0 Å². The number of pyridine rings is 1. The van der Waals surface area contributed by atoms with Crippen molar-refractivity contribution >= 4 is 22.5 Å². The van der Waals surface area contributed by atoms with Crippen molar-refractivity contribution in [2.45, 2.75) is 19.1 Å². The van der Waals surface area contributed by atoms with Gasteiger partial charge in [-0.1, -0.05) is 24.3 Å². The average molecular weight is 339 g/mol. The molecular weight excluding hydrogens is 321 g/mol. The fourth-order valence-electron chi connectivity index (χ4n) is 2.62. The summed E-state index contributed by atoms with van der Waals surface area (Å²) in [5.74, 6) is -0.375. The van der Waals surface area contributed by atoms with E-state index in [4.69, 9.17) is 0 Å². The molecule has 3 N–H and O–H groups in total. The lowest BCUT2D eigenvalue weighted by molar-refractivity contribution is 0.139. The van der Waals surface area contributed by atoms with Crippen LogP contribution in [0.5, 0.6) is 0 Å². The van der Waals surface area contributed by atoms with Crippen LogP contribution >= 0.6 is 0 Å². The molecule has 0 aliphatic heterocycles. The van der Waals surface area contributed by atoms with Gasteiger partial charge in [-0.15, -0.1) is 0 Å². The Bertz CT molecular complexity index is 878. The number of aliphatic hydroxyl groups excluding tert-OH is 1. The number of fused-ring (bicyclic) bond motifs is 1. The smallest absolute Gasteiger partial charge is 0.319 e. The number of halogens is 1. The number of amides is 2. The molecule has 6 heteroatoms. The maximum Gasteiger partial charge on any atom is 0.319 e. The standard InChI is InChI=1S/C19H18FN3O2/c1-12(18(24)13-5-7-15(20)8-6-13)22-19(25)23-17-4-2-3-14-11-21-10-9-16(14)17/h2-12,18,24H,1H3,(H2,22,23,25)/t12-,18+/m1/s1. The number of nitrogens with one attached hydrogen (secondary N) is 2. The number of aromatic nitrogens is 1. The predicted octanol–water partition coefficient (Wildman–Crippen LogP) is 3.62. The number of hydrogen-bond acceptors (Lipinski definition) is 3. The molecule has 0 aliphatic carbocycles. The van der Waals surface area contributed by atoms with E-state index in [0.29, 0.717) is 11.3 Å². The first kappa shape index (κ1) is 16.9. The van der Waals surface area contributed by atoms with Crippen molar-refractivity contribution < 1.29 is 14.3 Å². The summed E-state index contributed by atoms with van der Waals surface area (Å²) in [6.07, 6.45) is 2.44. The molecule has 0 radical (unpaired) electrons. The Morgan fingerprint density at radius 2 is 1.92 bits per heavy atom. The van der Waals surface area contributed by atoms with Crippen LogP contribution in [-0.2, 0) is 0 Å². The minimum Gasteiger partial charge on any atom is -0.386 e. The zero-order chi connectivity index (χ0) is 17.8. The summed E-state index contributed by atoms with van der Waals surface area (Å²) in [4.78, 5) is 16.3. The van der Waals surface area contributed by atoms with E-state index in [1.54, 1.807) is 25.4 Å². The van der Waals surface area contributed by atoms with Crippen molar-refractivity contribution in [2.75, 3.05) is 5.32 Å². The summed E-state index contributed by atoms with van der Waals surface area (Å²) in [5.41, 5.74) is 1.19. The summed E-state index contributed by atoms with van der Waals surface area (Å²) >= 11 is 0. The van der Waals surface area contributed by atoms with E-state index in [2.05, 4.69) is 15.6 Å². The zero-order valence-electron chi connectivity index (χ0n) is 13.6. The molecule has 2 amide bonds. The van der Waals surface area contributed by atoms with Gasteiger partial charge in [0.15, 0.2) is 0 Å². The summed E-state index contributed by atoms with van der Waals surface area (Å²) in [6.45, 7) is 1.68. The molecule has 2 aromatic carbocycles. The van der Waals surface area contributed by atoms with Gasteiger partial charge in [-0.05, 0) is 36.8 Å². The molecule has 0 saturated carbocycles. The lowest BCUT2D eigenvalue weighted by Gasteiger charge is -2.21. The fraction of sp³-hybridized carbons (Fsp3) is 0.158. The molecule has 1 heterocycles. The molecule has 0 saturated heterocycles. The molecule has 3 rings (SSSR count). The molecule has 0 aliphatic rings. The minimum atomic E-state index is -0.942. The van der Waals surface area contributed by atoms with Crippen LogP contribution in [-0.4, -0.2) is 22.2 Å². The molecule has 0 bridgehead atoms. The molecule has 0 spiro atoms. The number of urea groups is 1. The molecule has 1 aromatic heterocycles. The largest absolute Gasteiger partial charge is 0.386 e. The van der Waals surface area contributed by atoms with E-state index in [1.165, 1.54) is 24.3 Å². The van der Waals surface area contributed by atoms with Crippen molar-refractivity contribution in [3.05, 3.63) is 72.3 Å². The number of hydrogen-bond donors (Lipinski definition) is 3. The lowest BCUT2D eigenvalue weighted by Crippen LogP contribution is -2.39. The van der Waals surface area contributed by atoms with E-state index in [9.17, 15) is 14.3 Å². The maximum absolute atomic E-state index is 13.0. The van der Waals surface area contributed by atoms with Gasteiger partial charge in [0.05, 0.1) is 17.8 Å². The Balaban J connectivity index is 1.68. The van der Waals surface area contributed by atoms with Crippen molar-refractivity contribution in [1.29, 1.82) is 0 Å². The number of anilines is 1. The number of aliphatic hydroxyl groups is 1. The van der Waals surface area contributed by atoms with Crippen LogP contribution in [0.2, 0.25) is 0 Å². The number of benzene rings is 2. The molecule has 128 valence electrons. The van der Waals surface area contributed by atoms with Gasteiger partial charge in [0, 0.05) is 23.2 Å². The molecule has 0 unspecified atom stereocenters. The number of nitrogens with zero attached hydrogens (tertiary/aromatic N) is 1. The number of rotatable bonds is 4. The second-order valence-corrected chi connectivity index (χ2v) is 5.79. The van der Waals surface area contributed by atoms with Crippen LogP contribution < -0.4 is 10.6 Å². The van der Waals surface area contributed by atoms with Crippen LogP contribution in [0.15, 0.2) is 60.9 Å². The van der Waals surface area contributed by atoms with Gasteiger partial charge in [-0.25, -0.2) is 9.18 Å². The highest BCUT2D eigenvalue weighted by molar-refractivity contribution is 6.01. The maximum atomic E-state index is 13.0. The second kappa shape index (κ2) is 7.27. The molecule has 5 nitrogen and oxygen atoms in total. The lowest BCUT2D eigenvalue weighted by atomic mass is 10.0. The highest BCUT2D eigenvalue weighted by atomic mass is 19.1. The first-order valence-corrected chi connectivity index (χ1v) is 7.88. The Labute approximate surface area is 144 Å². The molecular formula is C19H18FN3O2. The summed E-state index contributed by atoms with van der Waals surface area (Å²) in [6, 6.07) is 11.9. The first-order chi connectivity index (χ1) is 12.0. The SMILES string of the molecule is C[C@@H](NC(=O)Nc1cccc2cnccc12)[C@H](O)c1ccc(F)cc1. The second-order valence-electron chi connectivity index (χ2n) is 5.79. The van der Waals surface area contributed by atoms with Gasteiger partial charge in [-0.2, -0.15) is 0 Å². The van der Waals surface area contributed by atoms with E-state index in [0.717, 1.165) is 10.8 Å². The Kier molecular flexibility index (Phi) is 4.90. The van der Waals surface area contributed by atoms with Crippen LogP contribution in [0, 0.1) is 5.82 Å². The van der Waals surface area contributed by atoms with E-state index in [-0.39, 0.29) is 5.82 Å². The minimum absolute atomic E-state index is 0.375. The Morgan fingerprint density at radius 1 is 1.16 bits per heavy atom. The average Bonchev–Trinajstić information content (AvgIpc) is 2.62. The van der Waals surface area contributed by atoms with Crippen molar-refractivity contribution in [1.82, 2.24) is 10.3 Å². The highest BCUT2D eigenvalue weighted by Crippen LogP contribution is 2.22. The van der Waals surface area contributed by atoms with Crippen LogP contribution in [0.1, 0.15) is 18.6 Å². The van der Waals surface area contributed by atoms with Gasteiger partial charge >= 0.3 is 6.03 Å². The highest BCUT2D eigenvalue weighted by Gasteiger charge is 2.18. The fourth-order valence-corrected chi connectivity index (χ4v) is 2.62. The normalized spacial score (nSPS) is 13.2. The predicted molar refractivity (Wildman–Crippen MR) is 94.7 cm³/mol. The molecule has 3 aromatic rings. The third kappa shape index (κ3) is 3.92. The van der Waals surface area contributed by atoms with Gasteiger partial charge in [-0.3, -0.25) is 4.98 Å². The van der Waals surface area contributed by atoms with Gasteiger partial charge < -0.3 is 15.7 Å². The van der Waals surface area contributed by atoms with Gasteiger partial charge in [0.1, 0.15) is 5.82 Å². The summed E-state index contributed by atoms with van der Waals surface area (Å²) < 4.78 is 13.0. The van der Waals surface area contributed by atoms with Crippen molar-refractivity contribution in [3.63, 3.8) is 0 Å². The topological polar surface area (TPSA) is 74.2 Å². The van der Waals surface area contributed by atoms with E-state index < -0.39 is 18.2 Å². The number of carbonyl (C=O) groups is 1. The molecule has 25 heavy (non-hydrogen) atoms. The van der Waals surface area contributed by atoms with Gasteiger partial charge in [0.25, 0.3) is 0 Å². The third-order valence-electron chi connectivity index (χ3n) is 3.97. The molecule has 0 fully saturated rings. The zero-order valence-corrected chi connectivity index (χ0v) is 13.6. The van der Waals surface area contributed by atoms with Crippen molar-refractivity contribution in [2.24, 2.45) is 0 Å². The first-order valence-electron chi connectivity index (χ1n) is 7.88. The Morgan fingerprint density at radius 3 is 2.68 bits per heavy atom. The third-order valence-corrected chi connectivity index (χ3v) is 3.97. The molecule has 2 atom stereocenters. The summed E-state index contributed by atoms with van der Waals surface area (Å²) in [7, 11) is 0. The van der Waals surface area contributed by atoms with Crippen LogP contribution in [0.3, 0.4) is 0 Å². The number of carbonyl (C=O) groups excluding carboxylic acids is 1. The van der Waals surface area contributed by atoms with E-state index in [1.807, 2.05) is 18.2 Å². The van der Waals surface area contributed by atoms with Crippen molar-refractivity contribution in [3.8, 4) is 0 Å². The monoisotopic (exact) mass is 339 g/mol. The van der Waals surface area contributed by atoms with Crippen LogP contribution in [0.4, 0.5) is 14.9 Å². The van der Waals surface area contributed by atoms with Crippen LogP contribution in [0.25, 0.3) is 10.8 Å². The summed E-state index contributed by atoms with van der Waals surface area (Å²) in [5, 5.41) is 17.6.